The van der Waals surface area contributed by atoms with E-state index >= 15 is 0 Å². The van der Waals surface area contributed by atoms with E-state index in [4.69, 9.17) is 17.3 Å². The van der Waals surface area contributed by atoms with Crippen molar-refractivity contribution in [3.63, 3.8) is 0 Å². The number of nitrogen functional groups attached to an aromatic ring is 1. The quantitative estimate of drug-likeness (QED) is 0.0951. The van der Waals surface area contributed by atoms with Crippen molar-refractivity contribution in [2.45, 2.75) is 44.0 Å². The second-order valence-electron chi connectivity index (χ2n) is 22.0. The minimum atomic E-state index is -4.64. The van der Waals surface area contributed by atoms with Crippen molar-refractivity contribution >= 4 is 74.6 Å². The van der Waals surface area contributed by atoms with Gasteiger partial charge in [0.25, 0.3) is 11.8 Å². The maximum atomic E-state index is 13.2. The molecule has 1 aromatic carbocycles. The molecule has 0 saturated carbocycles. The standard InChI is InChI=1S/C18H11F4N5.C13H6F3N3O2.C12H5F4IN4.C12H6F4N4.C5H2ClF3N2.C5H4F3N3/c1-10-2-3-11(7-23-10)17-16(14-5-4-13(19)9-24-14)26-15-6-12(18(20,21)22)8-25-27(15)17;14-13(15,16)7-5-10(18-17-6-7)19-11(20)8-3-1-2-4-9(8)12(19)21;13-7-1-2-8(18-5-7)10-11(17)21-9(20-10)3-6(4-19-21)12(14,15)16;13-8-1-2-9(17-5-8)10-6-20-11(19-10)3-7(4-18-20)12(14,15)16;6-4-1-3(2-10-11-4)5(7,8)9;6-5(7,8)3-1-4(9)11-10-2-3/h2-9H,1H3;1-6H;1-5H;1-6H;1-2H;1-2H,(H2,9,11). The summed E-state index contributed by atoms with van der Waals surface area (Å²) in [5.74, 6) is -3.66. The highest BCUT2D eigenvalue weighted by Gasteiger charge is 2.41. The fourth-order valence-electron chi connectivity index (χ4n) is 9.13. The Hall–Kier alpha value is -12.6. The fourth-order valence-corrected chi connectivity index (χ4v) is 10.1. The monoisotopic (exact) mass is 1700 g/mol. The number of hydrogen-bond donors (Lipinski definition) is 1. The lowest BCUT2D eigenvalue weighted by Crippen LogP contribution is -2.30. The molecule has 0 unspecified atom stereocenters. The van der Waals surface area contributed by atoms with Crippen molar-refractivity contribution < 1.29 is 102 Å². The summed E-state index contributed by atoms with van der Waals surface area (Å²) in [6.07, 6.45) is -16.9. The third kappa shape index (κ3) is 19.8. The summed E-state index contributed by atoms with van der Waals surface area (Å²) in [4.78, 5) is 53.1. The lowest BCUT2D eigenvalue weighted by Gasteiger charge is -2.13. The van der Waals surface area contributed by atoms with Crippen LogP contribution in [0, 0.1) is 28.1 Å². The van der Waals surface area contributed by atoms with Crippen LogP contribution in [0.5, 0.6) is 0 Å². The van der Waals surface area contributed by atoms with Gasteiger partial charge in [-0.1, -0.05) is 23.7 Å². The Morgan fingerprint density at radius 1 is 0.414 bits per heavy atom. The van der Waals surface area contributed by atoms with Crippen LogP contribution in [0.15, 0.2) is 177 Å². The largest absolute Gasteiger partial charge is 0.418 e. The highest BCUT2D eigenvalue weighted by Crippen LogP contribution is 2.38. The minimum absolute atomic E-state index is 0.00141. The molecule has 111 heavy (non-hydrogen) atoms. The number of anilines is 2. The van der Waals surface area contributed by atoms with Crippen LogP contribution in [0.1, 0.15) is 59.8 Å². The van der Waals surface area contributed by atoms with Crippen molar-refractivity contribution in [1.29, 1.82) is 0 Å². The summed E-state index contributed by atoms with van der Waals surface area (Å²) in [6, 6.07) is 22.1. The zero-order valence-corrected chi connectivity index (χ0v) is 57.2. The number of benzene rings is 1. The number of carbonyl (C=O) groups excluding carboxylic acids is 2. The van der Waals surface area contributed by atoms with E-state index in [-0.39, 0.29) is 44.7 Å². The summed E-state index contributed by atoms with van der Waals surface area (Å²) in [7, 11) is 0. The molecule has 572 valence electrons. The second-order valence-corrected chi connectivity index (χ2v) is 23.4. The van der Waals surface area contributed by atoms with E-state index in [0.717, 1.165) is 67.1 Å². The first kappa shape index (κ1) is 80.9. The molecule has 0 radical (unpaired) electrons. The van der Waals surface area contributed by atoms with Crippen molar-refractivity contribution in [3.8, 4) is 45.4 Å². The Balaban J connectivity index is 0.000000145. The number of nitrogens with zero attached hydrogens (tertiary/aromatic N) is 20. The van der Waals surface area contributed by atoms with Gasteiger partial charge in [-0.2, -0.15) is 110 Å². The molecule has 2 amide bonds. The van der Waals surface area contributed by atoms with E-state index in [1.807, 2.05) is 29.5 Å². The van der Waals surface area contributed by atoms with Gasteiger partial charge >= 0.3 is 37.1 Å². The average molecular weight is 1700 g/mol. The predicted molar refractivity (Wildman–Crippen MR) is 352 cm³/mol. The first-order valence-corrected chi connectivity index (χ1v) is 31.3. The number of aryl methyl sites for hydroxylation is 1. The van der Waals surface area contributed by atoms with Crippen LogP contribution in [0.2, 0.25) is 5.15 Å². The van der Waals surface area contributed by atoms with Gasteiger partial charge in [0.15, 0.2) is 27.9 Å². The SMILES string of the molecule is Cc1ccc(-c2c(-c3ccc(F)cn3)nc3cc(C(F)(F)F)cnn23)cn1.FC(F)(F)c1cnnc(Cl)c1.Fc1ccc(-c2cn3ncc(C(F)(F)F)cc3n2)nc1.Fc1ccc(-c2nc3cc(C(F)(F)F)cnn3c2I)nc1.Nc1cc(C(F)(F)F)cnn1.O=C1c2ccccc2C(=O)N1c1cc(C(F)(F)F)cnn1. The molecule has 2 N–H and O–H groups in total. The van der Waals surface area contributed by atoms with Gasteiger partial charge in [-0.15, -0.1) is 15.3 Å². The molecule has 0 bridgehead atoms. The van der Waals surface area contributed by atoms with Crippen LogP contribution in [0.3, 0.4) is 0 Å². The zero-order chi connectivity index (χ0) is 80.9. The Morgan fingerprint density at radius 2 is 0.847 bits per heavy atom. The number of halogens is 23. The van der Waals surface area contributed by atoms with Crippen LogP contribution < -0.4 is 10.6 Å². The lowest BCUT2D eigenvalue weighted by atomic mass is 10.1. The van der Waals surface area contributed by atoms with Gasteiger partial charge in [-0.25, -0.2) is 46.6 Å². The fraction of sp³-hybridized carbons (Fsp3) is 0.108. The van der Waals surface area contributed by atoms with E-state index in [2.05, 4.69) is 80.8 Å². The van der Waals surface area contributed by atoms with Crippen LogP contribution in [-0.2, 0) is 37.1 Å². The zero-order valence-electron chi connectivity index (χ0n) is 54.3. The van der Waals surface area contributed by atoms with E-state index in [0.29, 0.717) is 79.1 Å². The number of pyridine rings is 4. The maximum Gasteiger partial charge on any atom is 0.418 e. The molecule has 0 aliphatic carbocycles. The van der Waals surface area contributed by atoms with Crippen molar-refractivity contribution in [3.05, 3.63) is 254 Å². The highest BCUT2D eigenvalue weighted by atomic mass is 127. The molecule has 1 aliphatic rings. The molecule has 14 aromatic rings. The Kier molecular flexibility index (Phi) is 23.6. The normalized spacial score (nSPS) is 12.4. The van der Waals surface area contributed by atoms with Crippen LogP contribution in [-0.4, -0.2) is 106 Å². The van der Waals surface area contributed by atoms with Crippen LogP contribution in [0.25, 0.3) is 62.4 Å². The summed E-state index contributed by atoms with van der Waals surface area (Å²) < 4.78 is 267. The number of imide groups is 1. The molecule has 0 spiro atoms. The van der Waals surface area contributed by atoms with E-state index in [9.17, 15) is 102 Å². The summed E-state index contributed by atoms with van der Waals surface area (Å²) in [5.41, 5.74) is 3.58. The topological polar surface area (TPSA) is 283 Å². The molecule has 0 fully saturated rings. The van der Waals surface area contributed by atoms with Gasteiger partial charge in [0.2, 0.25) is 0 Å². The van der Waals surface area contributed by atoms with Crippen LogP contribution >= 0.6 is 34.2 Å². The van der Waals surface area contributed by atoms with Gasteiger partial charge in [0.1, 0.15) is 49.7 Å². The highest BCUT2D eigenvalue weighted by molar-refractivity contribution is 14.1. The summed E-state index contributed by atoms with van der Waals surface area (Å²) in [6.45, 7) is 1.81. The van der Waals surface area contributed by atoms with E-state index in [1.54, 1.807) is 30.5 Å². The number of fused-ring (bicyclic) bond motifs is 4. The molecule has 0 saturated heterocycles. The van der Waals surface area contributed by atoms with Gasteiger partial charge in [0, 0.05) is 17.5 Å². The first-order valence-electron chi connectivity index (χ1n) is 29.9. The van der Waals surface area contributed by atoms with Crippen LogP contribution in [0.4, 0.5) is 104 Å². The van der Waals surface area contributed by atoms with Gasteiger partial charge < -0.3 is 5.73 Å². The average Bonchev–Trinajstić information content (AvgIpc) is 1.62. The number of hydrogen-bond acceptors (Lipinski definition) is 19. The lowest BCUT2D eigenvalue weighted by molar-refractivity contribution is -0.138. The van der Waals surface area contributed by atoms with E-state index < -0.39 is 106 Å². The molecule has 13 aromatic heterocycles. The molecule has 23 nitrogen and oxygen atoms in total. The third-order valence-electron chi connectivity index (χ3n) is 14.3. The third-order valence-corrected chi connectivity index (χ3v) is 15.4. The van der Waals surface area contributed by atoms with Gasteiger partial charge in [-0.05, 0) is 127 Å². The minimum Gasteiger partial charge on any atom is -0.382 e. The number of imidazole rings is 3. The summed E-state index contributed by atoms with van der Waals surface area (Å²) in [5, 5.41) is 30.1. The molecule has 46 heteroatoms. The second kappa shape index (κ2) is 32.3. The van der Waals surface area contributed by atoms with Crippen molar-refractivity contribution in [2.75, 3.05) is 10.6 Å². The first-order chi connectivity index (χ1) is 52.0. The number of nitrogens with two attached hydrogens (primary N) is 1. The van der Waals surface area contributed by atoms with Gasteiger partial charge in [0.05, 0.1) is 124 Å². The number of aromatic nitrogens is 19. The predicted octanol–water partition coefficient (Wildman–Crippen LogP) is 16.3. The van der Waals surface area contributed by atoms with E-state index in [1.165, 1.54) is 68.3 Å². The number of rotatable bonds is 5. The van der Waals surface area contributed by atoms with Crippen molar-refractivity contribution in [2.24, 2.45) is 0 Å². The number of alkyl halides is 18. The smallest absolute Gasteiger partial charge is 0.382 e. The Bertz CT molecular complexity index is 5600. The Morgan fingerprint density at radius 3 is 1.31 bits per heavy atom. The summed E-state index contributed by atoms with van der Waals surface area (Å²) >= 11 is 7.08. The van der Waals surface area contributed by atoms with Crippen molar-refractivity contribution in [1.82, 2.24) is 94.3 Å². The maximum absolute atomic E-state index is 13.2. The molecule has 14 heterocycles. The number of amides is 2. The van der Waals surface area contributed by atoms with Gasteiger partial charge in [-0.3, -0.25) is 29.5 Å². The molecule has 0 atom stereocenters. The number of carbonyl (C=O) groups is 2. The molecule has 15 rings (SSSR count). The molecular weight excluding hydrogens is 1670 g/mol. The Labute approximate surface area is 621 Å². The molecule has 1 aliphatic heterocycles. The molecular formula is C65H34ClF21IN21O2.